The van der Waals surface area contributed by atoms with Gasteiger partial charge in [0.05, 0.1) is 25.7 Å². The van der Waals surface area contributed by atoms with Crippen LogP contribution in [0.15, 0.2) is 24.3 Å². The quantitative estimate of drug-likeness (QED) is 0.719. The van der Waals surface area contributed by atoms with Gasteiger partial charge in [-0.1, -0.05) is 12.1 Å². The number of benzene rings is 1. The van der Waals surface area contributed by atoms with Gasteiger partial charge in [-0.15, -0.1) is 0 Å². The molecule has 0 aliphatic carbocycles. The molecule has 28 heavy (non-hydrogen) atoms. The molecule has 1 aliphatic heterocycles. The van der Waals surface area contributed by atoms with Crippen LogP contribution in [0.4, 0.5) is 4.79 Å². The highest BCUT2D eigenvalue weighted by Crippen LogP contribution is 2.17. The predicted octanol–water partition coefficient (Wildman–Crippen LogP) is 2.77. The number of nitrogens with one attached hydrogen (secondary N) is 1. The van der Waals surface area contributed by atoms with Gasteiger partial charge in [0.1, 0.15) is 11.4 Å². The Hall–Kier alpha value is -2.28. The molecule has 7 nitrogen and oxygen atoms in total. The fourth-order valence-electron chi connectivity index (χ4n) is 3.02. The molecular weight excluding hydrogens is 360 g/mol. The molecule has 1 unspecified atom stereocenters. The lowest BCUT2D eigenvalue weighted by Gasteiger charge is -2.37. The van der Waals surface area contributed by atoms with Crippen molar-refractivity contribution in [2.45, 2.75) is 52.2 Å². The number of hydrogen-bond donors (Lipinski definition) is 1. The summed E-state index contributed by atoms with van der Waals surface area (Å²) in [4.78, 5) is 25.9. The summed E-state index contributed by atoms with van der Waals surface area (Å²) in [6.07, 6.45) is 0.633. The molecule has 0 bridgehead atoms. The molecule has 1 aromatic rings. The molecule has 1 atom stereocenters. The summed E-state index contributed by atoms with van der Waals surface area (Å²) in [5.74, 6) is 0.454. The van der Waals surface area contributed by atoms with Crippen LogP contribution in [0.5, 0.6) is 5.75 Å². The summed E-state index contributed by atoms with van der Waals surface area (Å²) in [5.41, 5.74) is 0.341. The monoisotopic (exact) mass is 392 g/mol. The fourth-order valence-corrected chi connectivity index (χ4v) is 3.02. The third kappa shape index (κ3) is 7.38. The number of piperazine rings is 1. The lowest BCUT2D eigenvalue weighted by atomic mass is 10.1. The Bertz CT molecular complexity index is 656. The number of carbonyl (C=O) groups excluding carboxylic acids is 2. The van der Waals surface area contributed by atoms with E-state index in [2.05, 4.69) is 5.32 Å². The van der Waals surface area contributed by atoms with Crippen molar-refractivity contribution in [3.05, 3.63) is 29.8 Å². The molecule has 0 spiro atoms. The first-order valence-electron chi connectivity index (χ1n) is 9.86. The van der Waals surface area contributed by atoms with E-state index in [4.69, 9.17) is 14.2 Å². The van der Waals surface area contributed by atoms with Gasteiger partial charge in [0, 0.05) is 26.1 Å². The Morgan fingerprint density at radius 1 is 1.29 bits per heavy atom. The summed E-state index contributed by atoms with van der Waals surface area (Å²) < 4.78 is 16.4. The normalized spacial score (nSPS) is 17.1. The van der Waals surface area contributed by atoms with E-state index in [-0.39, 0.29) is 24.5 Å². The van der Waals surface area contributed by atoms with E-state index in [0.29, 0.717) is 38.5 Å². The Morgan fingerprint density at radius 2 is 2.07 bits per heavy atom. The molecule has 0 aromatic heterocycles. The van der Waals surface area contributed by atoms with Crippen LogP contribution in [0.2, 0.25) is 0 Å². The summed E-state index contributed by atoms with van der Waals surface area (Å²) in [6, 6.07) is 7.46. The molecule has 0 saturated carbocycles. The van der Waals surface area contributed by atoms with Crippen LogP contribution in [-0.4, -0.2) is 61.5 Å². The van der Waals surface area contributed by atoms with Crippen LogP contribution < -0.4 is 10.1 Å². The molecule has 156 valence electrons. The maximum absolute atomic E-state index is 12.4. The average molecular weight is 392 g/mol. The van der Waals surface area contributed by atoms with Crippen LogP contribution in [0, 0.1) is 0 Å². The first-order valence-corrected chi connectivity index (χ1v) is 9.86. The molecule has 1 fully saturated rings. The lowest BCUT2D eigenvalue weighted by Crippen LogP contribution is -2.55. The van der Waals surface area contributed by atoms with Gasteiger partial charge in [0.25, 0.3) is 0 Å². The van der Waals surface area contributed by atoms with Crippen molar-refractivity contribution >= 4 is 12.1 Å². The largest absolute Gasteiger partial charge is 0.494 e. The first kappa shape index (κ1) is 22.0. The number of esters is 1. The lowest BCUT2D eigenvalue weighted by molar-refractivity contribution is -0.142. The van der Waals surface area contributed by atoms with Gasteiger partial charge in [0.2, 0.25) is 0 Å². The summed E-state index contributed by atoms with van der Waals surface area (Å²) >= 11 is 0. The van der Waals surface area contributed by atoms with Crippen molar-refractivity contribution in [1.82, 2.24) is 10.2 Å². The molecule has 1 heterocycles. The van der Waals surface area contributed by atoms with Gasteiger partial charge in [-0.3, -0.25) is 4.79 Å². The minimum absolute atomic E-state index is 0.0197. The zero-order chi connectivity index (χ0) is 20.6. The SMILES string of the molecule is CCOC(=O)Cc1cccc(OCCC2CNCCN2C(=O)OC(C)(C)C)c1. The van der Waals surface area contributed by atoms with Crippen molar-refractivity contribution in [1.29, 1.82) is 0 Å². The Kier molecular flexibility index (Phi) is 8.11. The highest BCUT2D eigenvalue weighted by Gasteiger charge is 2.30. The Morgan fingerprint density at radius 3 is 2.79 bits per heavy atom. The number of hydrogen-bond acceptors (Lipinski definition) is 6. The number of rotatable bonds is 7. The van der Waals surface area contributed by atoms with Gasteiger partial charge in [-0.05, 0) is 45.4 Å². The molecule has 1 N–H and O–H groups in total. The topological polar surface area (TPSA) is 77.1 Å². The fraction of sp³-hybridized carbons (Fsp3) is 0.619. The van der Waals surface area contributed by atoms with E-state index < -0.39 is 5.60 Å². The molecule has 1 amide bonds. The second kappa shape index (κ2) is 10.3. The van der Waals surface area contributed by atoms with Crippen LogP contribution in [0.25, 0.3) is 0 Å². The van der Waals surface area contributed by atoms with Crippen LogP contribution >= 0.6 is 0 Å². The second-order valence-electron chi connectivity index (χ2n) is 7.80. The summed E-state index contributed by atoms with van der Waals surface area (Å²) in [5, 5.41) is 3.32. The number of ether oxygens (including phenoxy) is 3. The minimum Gasteiger partial charge on any atom is -0.494 e. The van der Waals surface area contributed by atoms with Crippen LogP contribution in [-0.2, 0) is 20.7 Å². The smallest absolute Gasteiger partial charge is 0.410 e. The molecule has 1 aromatic carbocycles. The first-order chi connectivity index (χ1) is 13.3. The van der Waals surface area contributed by atoms with Crippen molar-refractivity contribution in [3.8, 4) is 5.75 Å². The average Bonchev–Trinajstić information content (AvgIpc) is 2.61. The van der Waals surface area contributed by atoms with E-state index in [0.717, 1.165) is 12.1 Å². The van der Waals surface area contributed by atoms with E-state index in [1.807, 2.05) is 45.0 Å². The number of nitrogens with zero attached hydrogens (tertiary/aromatic N) is 1. The highest BCUT2D eigenvalue weighted by atomic mass is 16.6. The van der Waals surface area contributed by atoms with E-state index in [9.17, 15) is 9.59 Å². The standard InChI is InChI=1S/C21H32N2O5/c1-5-26-19(24)14-16-7-6-8-18(13-16)27-12-9-17-15-22-10-11-23(17)20(25)28-21(2,3)4/h6-8,13,17,22H,5,9-12,14-15H2,1-4H3. The van der Waals surface area contributed by atoms with Gasteiger partial charge in [-0.25, -0.2) is 4.79 Å². The minimum atomic E-state index is -0.512. The van der Waals surface area contributed by atoms with Crippen molar-refractivity contribution in [2.24, 2.45) is 0 Å². The molecule has 2 rings (SSSR count). The third-order valence-electron chi connectivity index (χ3n) is 4.25. The van der Waals surface area contributed by atoms with Crippen molar-refractivity contribution in [2.75, 3.05) is 32.8 Å². The maximum Gasteiger partial charge on any atom is 0.410 e. The summed E-state index contributed by atoms with van der Waals surface area (Å²) in [6.45, 7) is 10.3. The molecule has 1 aliphatic rings. The van der Waals surface area contributed by atoms with Crippen LogP contribution in [0.3, 0.4) is 0 Å². The van der Waals surface area contributed by atoms with Crippen LogP contribution in [0.1, 0.15) is 39.7 Å². The number of carbonyl (C=O) groups is 2. The third-order valence-corrected chi connectivity index (χ3v) is 4.25. The van der Waals surface area contributed by atoms with E-state index in [1.54, 1.807) is 11.8 Å². The van der Waals surface area contributed by atoms with Gasteiger partial charge in [-0.2, -0.15) is 0 Å². The summed E-state index contributed by atoms with van der Waals surface area (Å²) in [7, 11) is 0. The number of amides is 1. The Balaban J connectivity index is 1.87. The molecule has 7 heteroatoms. The molecular formula is C21H32N2O5. The van der Waals surface area contributed by atoms with Gasteiger partial charge < -0.3 is 24.4 Å². The molecule has 1 saturated heterocycles. The maximum atomic E-state index is 12.4. The Labute approximate surface area is 167 Å². The molecule has 0 radical (unpaired) electrons. The van der Waals surface area contributed by atoms with Crippen molar-refractivity contribution < 1.29 is 23.8 Å². The van der Waals surface area contributed by atoms with Crippen molar-refractivity contribution in [3.63, 3.8) is 0 Å². The zero-order valence-corrected chi connectivity index (χ0v) is 17.3. The van der Waals surface area contributed by atoms with Gasteiger partial charge in [0.15, 0.2) is 0 Å². The van der Waals surface area contributed by atoms with E-state index >= 15 is 0 Å². The highest BCUT2D eigenvalue weighted by molar-refractivity contribution is 5.72. The predicted molar refractivity (Wildman–Crippen MR) is 106 cm³/mol. The zero-order valence-electron chi connectivity index (χ0n) is 17.3. The van der Waals surface area contributed by atoms with Gasteiger partial charge >= 0.3 is 12.1 Å². The second-order valence-corrected chi connectivity index (χ2v) is 7.80. The van der Waals surface area contributed by atoms with E-state index in [1.165, 1.54) is 0 Å².